The van der Waals surface area contributed by atoms with Gasteiger partial charge in [0.2, 0.25) is 5.91 Å². The number of carbonyl (C=O) groups excluding carboxylic acids is 2. The van der Waals surface area contributed by atoms with E-state index in [0.717, 1.165) is 0 Å². The Morgan fingerprint density at radius 2 is 2.29 bits per heavy atom. The van der Waals surface area contributed by atoms with Gasteiger partial charge >= 0.3 is 0 Å². The minimum atomic E-state index is -0.0813. The van der Waals surface area contributed by atoms with E-state index in [2.05, 4.69) is 5.32 Å². The van der Waals surface area contributed by atoms with E-state index in [9.17, 15) is 9.59 Å². The number of nitrogens with one attached hydrogen (secondary N) is 1. The molecule has 0 radical (unpaired) electrons. The Labute approximate surface area is 105 Å². The molecular weight excluding hydrogens is 242 g/mol. The largest absolute Gasteiger partial charge is 0.492 e. The highest BCUT2D eigenvalue weighted by atomic mass is 35.5. The topological polar surface area (TPSA) is 55.4 Å². The fraction of sp³-hybridized carbons (Fsp3) is 0.333. The van der Waals surface area contributed by atoms with E-state index in [4.69, 9.17) is 16.3 Å². The molecule has 0 atom stereocenters. The van der Waals surface area contributed by atoms with Crippen molar-refractivity contribution in [2.24, 2.45) is 0 Å². The van der Waals surface area contributed by atoms with Crippen LogP contribution in [0.3, 0.4) is 0 Å². The molecule has 0 aliphatic rings. The molecule has 92 valence electrons. The van der Waals surface area contributed by atoms with Crippen LogP contribution in [0.15, 0.2) is 18.2 Å². The molecule has 1 aromatic carbocycles. The molecule has 0 saturated heterocycles. The minimum absolute atomic E-state index is 0.0813. The van der Waals surface area contributed by atoms with Crippen LogP contribution in [0.4, 0.5) is 0 Å². The Morgan fingerprint density at radius 3 is 2.94 bits per heavy atom. The zero-order valence-corrected chi connectivity index (χ0v) is 10.3. The van der Waals surface area contributed by atoms with Gasteiger partial charge in [-0.15, -0.1) is 0 Å². The molecule has 0 saturated carbocycles. The third-order valence-corrected chi connectivity index (χ3v) is 2.42. The Morgan fingerprint density at radius 1 is 1.53 bits per heavy atom. The highest BCUT2D eigenvalue weighted by Crippen LogP contribution is 2.24. The van der Waals surface area contributed by atoms with Crippen molar-refractivity contribution in [3.05, 3.63) is 28.8 Å². The molecule has 4 nitrogen and oxygen atoms in total. The molecule has 0 fully saturated rings. The summed E-state index contributed by atoms with van der Waals surface area (Å²) < 4.78 is 5.35. The standard InChI is InChI=1S/C12H14ClNO3/c1-2-14-12(16)6-7-17-11-5-3-4-10(13)9(11)8-15/h3-5,8H,2,6-7H2,1H3,(H,14,16). The molecule has 0 heterocycles. The summed E-state index contributed by atoms with van der Waals surface area (Å²) in [4.78, 5) is 22.0. The van der Waals surface area contributed by atoms with Crippen LogP contribution in [0.5, 0.6) is 5.75 Å². The summed E-state index contributed by atoms with van der Waals surface area (Å²) in [5, 5.41) is 3.00. The van der Waals surface area contributed by atoms with Crippen LogP contribution in [-0.2, 0) is 4.79 Å². The first-order valence-electron chi connectivity index (χ1n) is 5.32. The van der Waals surface area contributed by atoms with E-state index in [1.54, 1.807) is 18.2 Å². The van der Waals surface area contributed by atoms with Crippen LogP contribution in [-0.4, -0.2) is 25.3 Å². The molecule has 0 aromatic heterocycles. The molecule has 1 aromatic rings. The number of ether oxygens (including phenoxy) is 1. The summed E-state index contributed by atoms with van der Waals surface area (Å²) in [6.45, 7) is 2.66. The van der Waals surface area contributed by atoms with Gasteiger partial charge in [-0.3, -0.25) is 9.59 Å². The minimum Gasteiger partial charge on any atom is -0.492 e. The average Bonchev–Trinajstić information content (AvgIpc) is 2.29. The van der Waals surface area contributed by atoms with Gasteiger partial charge in [0, 0.05) is 6.54 Å². The predicted octanol–water partition coefficient (Wildman–Crippen LogP) is 2.06. The lowest BCUT2D eigenvalue weighted by Crippen LogP contribution is -2.24. The zero-order valence-electron chi connectivity index (χ0n) is 9.53. The van der Waals surface area contributed by atoms with E-state index in [1.807, 2.05) is 6.92 Å². The number of amides is 1. The Hall–Kier alpha value is -1.55. The number of halogens is 1. The number of hydrogen-bond acceptors (Lipinski definition) is 3. The van der Waals surface area contributed by atoms with Crippen molar-refractivity contribution in [3.8, 4) is 5.75 Å². The number of carbonyl (C=O) groups is 2. The van der Waals surface area contributed by atoms with Crippen LogP contribution in [0, 0.1) is 0 Å². The van der Waals surface area contributed by atoms with Crippen LogP contribution in [0.25, 0.3) is 0 Å². The summed E-state index contributed by atoms with van der Waals surface area (Å²) in [6, 6.07) is 4.95. The number of hydrogen-bond donors (Lipinski definition) is 1. The number of rotatable bonds is 6. The number of aldehydes is 1. The summed E-state index contributed by atoms with van der Waals surface area (Å²) in [7, 11) is 0. The lowest BCUT2D eigenvalue weighted by Gasteiger charge is -2.09. The maximum Gasteiger partial charge on any atom is 0.223 e. The van der Waals surface area contributed by atoms with E-state index in [-0.39, 0.29) is 18.9 Å². The van der Waals surface area contributed by atoms with E-state index >= 15 is 0 Å². The molecule has 0 bridgehead atoms. The van der Waals surface area contributed by atoms with Crippen LogP contribution in [0.1, 0.15) is 23.7 Å². The molecule has 1 amide bonds. The maximum absolute atomic E-state index is 11.2. The second kappa shape index (κ2) is 6.91. The zero-order chi connectivity index (χ0) is 12.7. The third-order valence-electron chi connectivity index (χ3n) is 2.09. The molecular formula is C12H14ClNO3. The highest BCUT2D eigenvalue weighted by molar-refractivity contribution is 6.33. The van der Waals surface area contributed by atoms with Crippen LogP contribution in [0.2, 0.25) is 5.02 Å². The first-order chi connectivity index (χ1) is 8.19. The smallest absolute Gasteiger partial charge is 0.223 e. The molecule has 0 aliphatic carbocycles. The maximum atomic E-state index is 11.2. The SMILES string of the molecule is CCNC(=O)CCOc1cccc(Cl)c1C=O. The second-order valence-corrected chi connectivity index (χ2v) is 3.73. The van der Waals surface area contributed by atoms with Gasteiger partial charge in [0.25, 0.3) is 0 Å². The van der Waals surface area contributed by atoms with Gasteiger partial charge < -0.3 is 10.1 Å². The van der Waals surface area contributed by atoms with Crippen LogP contribution >= 0.6 is 11.6 Å². The van der Waals surface area contributed by atoms with E-state index < -0.39 is 0 Å². The molecule has 0 aliphatic heterocycles. The van der Waals surface area contributed by atoms with Crippen LogP contribution < -0.4 is 10.1 Å². The molecule has 1 rings (SSSR count). The van der Waals surface area contributed by atoms with Crippen molar-refractivity contribution >= 4 is 23.8 Å². The fourth-order valence-corrected chi connectivity index (χ4v) is 1.51. The van der Waals surface area contributed by atoms with Crippen molar-refractivity contribution < 1.29 is 14.3 Å². The number of benzene rings is 1. The molecule has 0 unspecified atom stereocenters. The van der Waals surface area contributed by atoms with Gasteiger partial charge in [-0.2, -0.15) is 0 Å². The summed E-state index contributed by atoms with van der Waals surface area (Å²) in [5.74, 6) is 0.318. The lowest BCUT2D eigenvalue weighted by atomic mass is 10.2. The molecule has 0 spiro atoms. The van der Waals surface area contributed by atoms with Crippen molar-refractivity contribution in [1.82, 2.24) is 5.32 Å². The summed E-state index contributed by atoms with van der Waals surface area (Å²) in [5.41, 5.74) is 0.310. The van der Waals surface area contributed by atoms with Gasteiger partial charge in [-0.25, -0.2) is 0 Å². The monoisotopic (exact) mass is 255 g/mol. The van der Waals surface area contributed by atoms with Crippen molar-refractivity contribution in [3.63, 3.8) is 0 Å². The second-order valence-electron chi connectivity index (χ2n) is 3.32. The first kappa shape index (κ1) is 13.5. The molecule has 1 N–H and O–H groups in total. The third kappa shape index (κ3) is 4.07. The highest BCUT2D eigenvalue weighted by Gasteiger charge is 2.07. The fourth-order valence-electron chi connectivity index (χ4n) is 1.30. The van der Waals surface area contributed by atoms with Gasteiger partial charge in [0.1, 0.15) is 5.75 Å². The van der Waals surface area contributed by atoms with Gasteiger partial charge in [0.15, 0.2) is 6.29 Å². The predicted molar refractivity (Wildman–Crippen MR) is 65.6 cm³/mol. The van der Waals surface area contributed by atoms with Crippen molar-refractivity contribution in [2.75, 3.05) is 13.2 Å². The van der Waals surface area contributed by atoms with Gasteiger partial charge in [-0.1, -0.05) is 17.7 Å². The van der Waals surface area contributed by atoms with Gasteiger partial charge in [-0.05, 0) is 19.1 Å². The quantitative estimate of drug-likeness (QED) is 0.792. The average molecular weight is 256 g/mol. The Kier molecular flexibility index (Phi) is 5.49. The van der Waals surface area contributed by atoms with E-state index in [0.29, 0.717) is 29.2 Å². The Bertz CT molecular complexity index is 407. The molecule has 17 heavy (non-hydrogen) atoms. The van der Waals surface area contributed by atoms with E-state index in [1.165, 1.54) is 0 Å². The molecule has 5 heteroatoms. The van der Waals surface area contributed by atoms with Gasteiger partial charge in [0.05, 0.1) is 23.6 Å². The van der Waals surface area contributed by atoms with Crippen molar-refractivity contribution in [1.29, 1.82) is 0 Å². The summed E-state index contributed by atoms with van der Waals surface area (Å²) >= 11 is 5.83. The Balaban J connectivity index is 2.55. The normalized spacial score (nSPS) is 9.76. The first-order valence-corrected chi connectivity index (χ1v) is 5.70. The van der Waals surface area contributed by atoms with Crippen molar-refractivity contribution in [2.45, 2.75) is 13.3 Å². The summed E-state index contributed by atoms with van der Waals surface area (Å²) in [6.07, 6.45) is 0.891. The lowest BCUT2D eigenvalue weighted by molar-refractivity contribution is -0.121.